The molecule has 0 spiro atoms. The lowest BCUT2D eigenvalue weighted by Crippen LogP contribution is -2.12. The van der Waals surface area contributed by atoms with Crippen LogP contribution in [-0.2, 0) is 0 Å². The molecule has 20 heavy (non-hydrogen) atoms. The summed E-state index contributed by atoms with van der Waals surface area (Å²) in [5.41, 5.74) is 1.04. The summed E-state index contributed by atoms with van der Waals surface area (Å²) in [6.07, 6.45) is 0. The molecule has 0 radical (unpaired) electrons. The monoisotopic (exact) mass is 333 g/mol. The molecule has 0 saturated carbocycles. The van der Waals surface area contributed by atoms with Gasteiger partial charge in [0.05, 0.1) is 11.1 Å². The lowest BCUT2D eigenvalue weighted by atomic mass is 10.2. The first-order valence-corrected chi connectivity index (χ1v) is 6.64. The highest BCUT2D eigenvalue weighted by Crippen LogP contribution is 2.23. The lowest BCUT2D eigenvalue weighted by molar-refractivity contribution is 0.102. The largest absolute Gasteiger partial charge is 0.305 e. The number of fused-ring (bicyclic) bond motifs is 1. The predicted octanol–water partition coefficient (Wildman–Crippen LogP) is 3.72. The quantitative estimate of drug-likeness (QED) is 0.750. The molecule has 0 aliphatic heterocycles. The molecule has 0 aliphatic rings. The van der Waals surface area contributed by atoms with Crippen molar-refractivity contribution in [1.82, 2.24) is 10.2 Å². The number of aromatic amines is 1. The maximum Gasteiger partial charge on any atom is 0.258 e. The maximum atomic E-state index is 13.1. The first kappa shape index (κ1) is 12.8. The van der Waals surface area contributed by atoms with Gasteiger partial charge in [0.25, 0.3) is 5.91 Å². The number of anilines is 1. The zero-order valence-electron chi connectivity index (χ0n) is 10.2. The molecule has 0 aliphatic carbocycles. The molecule has 0 saturated heterocycles. The summed E-state index contributed by atoms with van der Waals surface area (Å²) in [6, 6.07) is 11.3. The van der Waals surface area contributed by atoms with Gasteiger partial charge in [0.1, 0.15) is 5.82 Å². The number of nitrogens with zero attached hydrogens (tertiary/aromatic N) is 1. The number of nitrogens with one attached hydrogen (secondary N) is 2. The Balaban J connectivity index is 1.94. The van der Waals surface area contributed by atoms with E-state index in [0.29, 0.717) is 26.8 Å². The molecule has 1 amide bonds. The van der Waals surface area contributed by atoms with E-state index in [-0.39, 0.29) is 11.7 Å². The molecule has 0 bridgehead atoms. The van der Waals surface area contributed by atoms with Crippen molar-refractivity contribution in [3.8, 4) is 0 Å². The van der Waals surface area contributed by atoms with Crippen molar-refractivity contribution in [3.63, 3.8) is 0 Å². The number of rotatable bonds is 2. The first-order chi connectivity index (χ1) is 9.65. The molecule has 1 aromatic heterocycles. The summed E-state index contributed by atoms with van der Waals surface area (Å²) in [7, 11) is 0. The Morgan fingerprint density at radius 1 is 1.25 bits per heavy atom. The van der Waals surface area contributed by atoms with E-state index < -0.39 is 0 Å². The molecule has 2 aromatic carbocycles. The molecule has 1 heterocycles. The maximum absolute atomic E-state index is 13.1. The van der Waals surface area contributed by atoms with Crippen molar-refractivity contribution in [2.45, 2.75) is 0 Å². The van der Waals surface area contributed by atoms with Gasteiger partial charge in [0.15, 0.2) is 5.82 Å². The topological polar surface area (TPSA) is 57.8 Å². The molecular weight excluding hydrogens is 325 g/mol. The van der Waals surface area contributed by atoms with Gasteiger partial charge in [-0.3, -0.25) is 9.89 Å². The Bertz CT molecular complexity index is 800. The highest BCUT2D eigenvalue weighted by atomic mass is 79.9. The summed E-state index contributed by atoms with van der Waals surface area (Å²) in [6.45, 7) is 0. The Morgan fingerprint density at radius 2 is 2.05 bits per heavy atom. The molecular formula is C14H9BrFN3O. The van der Waals surface area contributed by atoms with E-state index in [1.807, 2.05) is 6.07 Å². The fourth-order valence-electron chi connectivity index (χ4n) is 1.91. The van der Waals surface area contributed by atoms with Crippen LogP contribution in [0.5, 0.6) is 0 Å². The summed E-state index contributed by atoms with van der Waals surface area (Å²) >= 11 is 3.32. The van der Waals surface area contributed by atoms with Gasteiger partial charge in [-0.1, -0.05) is 12.1 Å². The Labute approximate surface area is 122 Å². The van der Waals surface area contributed by atoms with E-state index in [1.165, 1.54) is 12.1 Å². The summed E-state index contributed by atoms with van der Waals surface area (Å²) in [5, 5.41) is 10.0. The van der Waals surface area contributed by atoms with Crippen molar-refractivity contribution in [2.75, 3.05) is 5.32 Å². The first-order valence-electron chi connectivity index (χ1n) is 5.84. The average molecular weight is 334 g/mol. The standard InChI is InChI=1S/C14H9BrFN3O/c15-11-4-2-1-3-9(11)14(20)17-13-10-6-5-8(16)7-12(10)18-19-13/h1-7H,(H2,17,18,19,20). The van der Waals surface area contributed by atoms with Crippen LogP contribution in [0.3, 0.4) is 0 Å². The van der Waals surface area contributed by atoms with E-state index in [1.54, 1.807) is 24.3 Å². The van der Waals surface area contributed by atoms with Crippen molar-refractivity contribution in [1.29, 1.82) is 0 Å². The summed E-state index contributed by atoms with van der Waals surface area (Å²) in [4.78, 5) is 12.2. The van der Waals surface area contributed by atoms with E-state index >= 15 is 0 Å². The number of benzene rings is 2. The predicted molar refractivity (Wildman–Crippen MR) is 78.1 cm³/mol. The van der Waals surface area contributed by atoms with Gasteiger partial charge in [0.2, 0.25) is 0 Å². The second-order valence-electron chi connectivity index (χ2n) is 4.20. The number of halogens is 2. The molecule has 6 heteroatoms. The van der Waals surface area contributed by atoms with Crippen LogP contribution >= 0.6 is 15.9 Å². The van der Waals surface area contributed by atoms with E-state index in [2.05, 4.69) is 31.4 Å². The molecule has 0 atom stereocenters. The van der Waals surface area contributed by atoms with Crippen LogP contribution < -0.4 is 5.32 Å². The van der Waals surface area contributed by atoms with Crippen LogP contribution in [0.25, 0.3) is 10.9 Å². The van der Waals surface area contributed by atoms with Crippen LogP contribution in [0.15, 0.2) is 46.9 Å². The zero-order chi connectivity index (χ0) is 14.1. The SMILES string of the molecule is O=C(Nc1n[nH]c2cc(F)ccc12)c1ccccc1Br. The highest BCUT2D eigenvalue weighted by molar-refractivity contribution is 9.10. The minimum absolute atomic E-state index is 0.282. The molecule has 100 valence electrons. The number of amides is 1. The van der Waals surface area contributed by atoms with Crippen LogP contribution in [0.1, 0.15) is 10.4 Å². The number of hydrogen-bond acceptors (Lipinski definition) is 2. The fourth-order valence-corrected chi connectivity index (χ4v) is 2.37. The van der Waals surface area contributed by atoms with Gasteiger partial charge >= 0.3 is 0 Å². The average Bonchev–Trinajstić information content (AvgIpc) is 2.81. The minimum atomic E-state index is -0.357. The zero-order valence-corrected chi connectivity index (χ0v) is 11.7. The fraction of sp³-hybridized carbons (Fsp3) is 0. The number of carbonyl (C=O) groups is 1. The molecule has 2 N–H and O–H groups in total. The number of H-pyrrole nitrogens is 1. The third kappa shape index (κ3) is 2.30. The van der Waals surface area contributed by atoms with Crippen LogP contribution in [0.2, 0.25) is 0 Å². The Hall–Kier alpha value is -2.21. The van der Waals surface area contributed by atoms with Crippen molar-refractivity contribution in [2.24, 2.45) is 0 Å². The second kappa shape index (κ2) is 5.05. The smallest absolute Gasteiger partial charge is 0.258 e. The second-order valence-corrected chi connectivity index (χ2v) is 5.05. The van der Waals surface area contributed by atoms with Gasteiger partial charge in [-0.2, -0.15) is 5.10 Å². The lowest BCUT2D eigenvalue weighted by Gasteiger charge is -2.04. The van der Waals surface area contributed by atoms with Gasteiger partial charge in [0, 0.05) is 9.86 Å². The van der Waals surface area contributed by atoms with Crippen LogP contribution in [-0.4, -0.2) is 16.1 Å². The van der Waals surface area contributed by atoms with Crippen molar-refractivity contribution >= 4 is 38.6 Å². The molecule has 3 aromatic rings. The Morgan fingerprint density at radius 3 is 2.85 bits per heavy atom. The van der Waals surface area contributed by atoms with Gasteiger partial charge < -0.3 is 5.32 Å². The normalized spacial score (nSPS) is 10.7. The van der Waals surface area contributed by atoms with E-state index in [9.17, 15) is 9.18 Å². The van der Waals surface area contributed by atoms with Gasteiger partial charge in [-0.15, -0.1) is 0 Å². The van der Waals surface area contributed by atoms with Crippen LogP contribution in [0, 0.1) is 5.82 Å². The molecule has 4 nitrogen and oxygen atoms in total. The van der Waals surface area contributed by atoms with Gasteiger partial charge in [-0.05, 0) is 46.3 Å². The Kier molecular flexibility index (Phi) is 3.23. The molecule has 0 unspecified atom stereocenters. The van der Waals surface area contributed by atoms with Crippen molar-refractivity contribution in [3.05, 3.63) is 58.3 Å². The van der Waals surface area contributed by atoms with Crippen LogP contribution in [0.4, 0.5) is 10.2 Å². The molecule has 0 fully saturated rings. The third-order valence-electron chi connectivity index (χ3n) is 2.88. The highest BCUT2D eigenvalue weighted by Gasteiger charge is 2.13. The summed E-state index contributed by atoms with van der Waals surface area (Å²) < 4.78 is 13.8. The van der Waals surface area contributed by atoms with E-state index in [0.717, 1.165) is 0 Å². The number of carbonyl (C=O) groups excluding carboxylic acids is 1. The molecule has 3 rings (SSSR count). The van der Waals surface area contributed by atoms with Gasteiger partial charge in [-0.25, -0.2) is 4.39 Å². The number of aromatic nitrogens is 2. The number of hydrogen-bond donors (Lipinski definition) is 2. The van der Waals surface area contributed by atoms with Crippen molar-refractivity contribution < 1.29 is 9.18 Å². The summed E-state index contributed by atoms with van der Waals surface area (Å²) in [5.74, 6) is -0.263. The minimum Gasteiger partial charge on any atom is -0.305 e. The van der Waals surface area contributed by atoms with E-state index in [4.69, 9.17) is 0 Å². The third-order valence-corrected chi connectivity index (χ3v) is 3.57.